The molecule has 0 bridgehead atoms. The topological polar surface area (TPSA) is 66.8 Å². The summed E-state index contributed by atoms with van der Waals surface area (Å²) in [4.78, 5) is 25.1. The molecule has 0 atom stereocenters. The van der Waals surface area contributed by atoms with Gasteiger partial charge in [-0.1, -0.05) is 17.7 Å². The zero-order chi connectivity index (χ0) is 15.4. The number of hydrogen-bond acceptors (Lipinski definition) is 3. The summed E-state index contributed by atoms with van der Waals surface area (Å²) in [6.45, 7) is 2.63. The Morgan fingerprint density at radius 3 is 2.62 bits per heavy atom. The van der Waals surface area contributed by atoms with Gasteiger partial charge in [-0.15, -0.1) is 0 Å². The Labute approximate surface area is 128 Å². The first-order valence-corrected chi connectivity index (χ1v) is 7.23. The third kappa shape index (κ3) is 3.95. The fraction of sp³-hybridized carbons (Fsp3) is 0.467. The molecule has 0 unspecified atom stereocenters. The maximum Gasteiger partial charge on any atom is 0.323 e. The van der Waals surface area contributed by atoms with E-state index >= 15 is 0 Å². The number of carbonyl (C=O) groups is 2. The molecule has 5 nitrogen and oxygen atoms in total. The molecule has 1 aliphatic heterocycles. The maximum absolute atomic E-state index is 12.6. The number of carbonyl (C=O) groups excluding carboxylic acids is 1. The van der Waals surface area contributed by atoms with E-state index in [1.165, 1.54) is 4.90 Å². The van der Waals surface area contributed by atoms with Crippen LogP contribution in [0.25, 0.3) is 0 Å². The van der Waals surface area contributed by atoms with E-state index in [0.29, 0.717) is 36.6 Å². The number of halogens is 1. The van der Waals surface area contributed by atoms with E-state index in [-0.39, 0.29) is 18.5 Å². The molecule has 2 rings (SSSR count). The Bertz CT molecular complexity index is 540. The standard InChI is InChI=1S/C15H18ClNO4/c1-10-2-3-11(8-13(10)16)15(20)17(9-14(18)19)12-4-6-21-7-5-12/h2-3,8,12H,4-7,9H2,1H3,(H,18,19). The van der Waals surface area contributed by atoms with Gasteiger partial charge in [-0.2, -0.15) is 0 Å². The largest absolute Gasteiger partial charge is 0.480 e. The molecule has 1 saturated heterocycles. The third-order valence-electron chi connectivity index (χ3n) is 3.62. The number of carboxylic acids is 1. The summed E-state index contributed by atoms with van der Waals surface area (Å²) in [6.07, 6.45) is 1.30. The summed E-state index contributed by atoms with van der Waals surface area (Å²) in [5.41, 5.74) is 1.29. The second-order valence-electron chi connectivity index (χ2n) is 5.13. The van der Waals surface area contributed by atoms with E-state index in [0.717, 1.165) is 5.56 Å². The first-order valence-electron chi connectivity index (χ1n) is 6.85. The van der Waals surface area contributed by atoms with Crippen molar-refractivity contribution in [1.82, 2.24) is 4.90 Å². The molecule has 6 heteroatoms. The van der Waals surface area contributed by atoms with Gasteiger partial charge in [-0.05, 0) is 37.5 Å². The number of ether oxygens (including phenoxy) is 1. The molecule has 1 fully saturated rings. The predicted molar refractivity (Wildman–Crippen MR) is 78.7 cm³/mol. The van der Waals surface area contributed by atoms with Crippen LogP contribution in [0.15, 0.2) is 18.2 Å². The molecule has 1 aliphatic rings. The van der Waals surface area contributed by atoms with Crippen LogP contribution >= 0.6 is 11.6 Å². The van der Waals surface area contributed by atoms with Crippen LogP contribution in [0, 0.1) is 6.92 Å². The van der Waals surface area contributed by atoms with Gasteiger partial charge in [0.05, 0.1) is 0 Å². The molecule has 0 saturated carbocycles. The molecule has 1 amide bonds. The lowest BCUT2D eigenvalue weighted by Gasteiger charge is -2.33. The van der Waals surface area contributed by atoms with Gasteiger partial charge in [0.15, 0.2) is 0 Å². The summed E-state index contributed by atoms with van der Waals surface area (Å²) in [5, 5.41) is 9.56. The molecule has 1 heterocycles. The lowest BCUT2D eigenvalue weighted by molar-refractivity contribution is -0.138. The number of aryl methyl sites for hydroxylation is 1. The first-order chi connectivity index (χ1) is 9.99. The molecule has 1 aromatic carbocycles. The van der Waals surface area contributed by atoms with Crippen LogP contribution in [0.4, 0.5) is 0 Å². The summed E-state index contributed by atoms with van der Waals surface area (Å²) >= 11 is 6.05. The highest BCUT2D eigenvalue weighted by Gasteiger charge is 2.28. The molecule has 114 valence electrons. The number of amides is 1. The lowest BCUT2D eigenvalue weighted by Crippen LogP contribution is -2.46. The van der Waals surface area contributed by atoms with Gasteiger partial charge in [0, 0.05) is 29.8 Å². The SMILES string of the molecule is Cc1ccc(C(=O)N(CC(=O)O)C2CCOCC2)cc1Cl. The Hall–Kier alpha value is -1.59. The third-order valence-corrected chi connectivity index (χ3v) is 4.02. The number of hydrogen-bond donors (Lipinski definition) is 1. The Balaban J connectivity index is 2.23. The Morgan fingerprint density at radius 2 is 2.05 bits per heavy atom. The zero-order valence-electron chi connectivity index (χ0n) is 11.8. The van der Waals surface area contributed by atoms with Crippen molar-refractivity contribution in [3.63, 3.8) is 0 Å². The van der Waals surface area contributed by atoms with Crippen molar-refractivity contribution < 1.29 is 19.4 Å². The van der Waals surface area contributed by atoms with Gasteiger partial charge in [0.25, 0.3) is 5.91 Å². The zero-order valence-corrected chi connectivity index (χ0v) is 12.6. The van der Waals surface area contributed by atoms with Crippen molar-refractivity contribution in [3.05, 3.63) is 34.3 Å². The molecule has 0 radical (unpaired) electrons. The quantitative estimate of drug-likeness (QED) is 0.927. The van der Waals surface area contributed by atoms with Crippen LogP contribution in [-0.4, -0.2) is 47.7 Å². The molecular weight excluding hydrogens is 294 g/mol. The van der Waals surface area contributed by atoms with E-state index < -0.39 is 5.97 Å². The van der Waals surface area contributed by atoms with Gasteiger partial charge in [0.1, 0.15) is 6.54 Å². The van der Waals surface area contributed by atoms with Crippen molar-refractivity contribution in [3.8, 4) is 0 Å². The van der Waals surface area contributed by atoms with Crippen LogP contribution in [0.1, 0.15) is 28.8 Å². The minimum atomic E-state index is -1.02. The van der Waals surface area contributed by atoms with Crippen LogP contribution in [0.5, 0.6) is 0 Å². The maximum atomic E-state index is 12.6. The minimum Gasteiger partial charge on any atom is -0.480 e. The van der Waals surface area contributed by atoms with E-state index in [9.17, 15) is 9.59 Å². The summed E-state index contributed by atoms with van der Waals surface area (Å²) < 4.78 is 5.27. The van der Waals surface area contributed by atoms with Gasteiger partial charge < -0.3 is 14.7 Å². The van der Waals surface area contributed by atoms with Crippen molar-refractivity contribution in [2.24, 2.45) is 0 Å². The number of benzene rings is 1. The predicted octanol–water partition coefficient (Wildman–Crippen LogP) is 2.35. The molecule has 0 spiro atoms. The van der Waals surface area contributed by atoms with Gasteiger partial charge >= 0.3 is 5.97 Å². The lowest BCUT2D eigenvalue weighted by atomic mass is 10.0. The summed E-state index contributed by atoms with van der Waals surface area (Å²) in [7, 11) is 0. The van der Waals surface area contributed by atoms with Crippen molar-refractivity contribution >= 4 is 23.5 Å². The fourth-order valence-corrected chi connectivity index (χ4v) is 2.58. The minimum absolute atomic E-state index is 0.109. The Morgan fingerprint density at radius 1 is 1.38 bits per heavy atom. The van der Waals surface area contributed by atoms with Gasteiger partial charge in [0.2, 0.25) is 0 Å². The number of nitrogens with zero attached hydrogens (tertiary/aromatic N) is 1. The molecule has 1 N–H and O–H groups in total. The molecule has 0 aromatic heterocycles. The second-order valence-corrected chi connectivity index (χ2v) is 5.54. The van der Waals surface area contributed by atoms with Crippen LogP contribution < -0.4 is 0 Å². The first kappa shape index (κ1) is 15.8. The van der Waals surface area contributed by atoms with E-state index in [1.54, 1.807) is 18.2 Å². The highest BCUT2D eigenvalue weighted by atomic mass is 35.5. The monoisotopic (exact) mass is 311 g/mol. The average molecular weight is 312 g/mol. The van der Waals surface area contributed by atoms with Gasteiger partial charge in [-0.25, -0.2) is 0 Å². The van der Waals surface area contributed by atoms with Crippen molar-refractivity contribution in [1.29, 1.82) is 0 Å². The smallest absolute Gasteiger partial charge is 0.323 e. The highest BCUT2D eigenvalue weighted by Crippen LogP contribution is 2.21. The van der Waals surface area contributed by atoms with E-state index in [4.69, 9.17) is 21.4 Å². The molecule has 0 aliphatic carbocycles. The normalized spacial score (nSPS) is 15.7. The van der Waals surface area contributed by atoms with Crippen LogP contribution in [-0.2, 0) is 9.53 Å². The van der Waals surface area contributed by atoms with E-state index in [2.05, 4.69) is 0 Å². The number of aliphatic carboxylic acids is 1. The molecular formula is C15H18ClNO4. The second kappa shape index (κ2) is 6.91. The summed E-state index contributed by atoms with van der Waals surface area (Å²) in [6, 6.07) is 4.92. The average Bonchev–Trinajstić information content (AvgIpc) is 2.47. The van der Waals surface area contributed by atoms with Crippen molar-refractivity contribution in [2.75, 3.05) is 19.8 Å². The van der Waals surface area contributed by atoms with Crippen LogP contribution in [0.3, 0.4) is 0 Å². The molecule has 1 aromatic rings. The fourth-order valence-electron chi connectivity index (χ4n) is 2.40. The summed E-state index contributed by atoms with van der Waals surface area (Å²) in [5.74, 6) is -1.32. The highest BCUT2D eigenvalue weighted by molar-refractivity contribution is 6.31. The van der Waals surface area contributed by atoms with Crippen LogP contribution in [0.2, 0.25) is 5.02 Å². The van der Waals surface area contributed by atoms with E-state index in [1.807, 2.05) is 6.92 Å². The Kier molecular flexibility index (Phi) is 5.20. The molecule has 21 heavy (non-hydrogen) atoms. The number of carboxylic acid groups (broad SMARTS) is 1. The van der Waals surface area contributed by atoms with Crippen molar-refractivity contribution in [2.45, 2.75) is 25.8 Å². The number of rotatable bonds is 4. The van der Waals surface area contributed by atoms with Gasteiger partial charge in [-0.3, -0.25) is 9.59 Å².